The molecule has 0 unspecified atom stereocenters. The predicted octanol–water partition coefficient (Wildman–Crippen LogP) is 5.37. The predicted molar refractivity (Wildman–Crippen MR) is 112 cm³/mol. The van der Waals surface area contributed by atoms with Gasteiger partial charge in [0.25, 0.3) is 0 Å². The molecule has 0 fully saturated rings. The van der Waals surface area contributed by atoms with Gasteiger partial charge in [-0.1, -0.05) is 48.0 Å². The fourth-order valence-electron chi connectivity index (χ4n) is 3.27. The molecule has 28 heavy (non-hydrogen) atoms. The van der Waals surface area contributed by atoms with Crippen LogP contribution in [0.1, 0.15) is 11.4 Å². The van der Waals surface area contributed by atoms with Gasteiger partial charge >= 0.3 is 0 Å². The van der Waals surface area contributed by atoms with Gasteiger partial charge in [-0.25, -0.2) is 4.98 Å². The molecule has 142 valence electrons. The lowest BCUT2D eigenvalue weighted by atomic mass is 10.1. The molecule has 0 spiro atoms. The van der Waals surface area contributed by atoms with Crippen molar-refractivity contribution in [3.63, 3.8) is 0 Å². The number of fused-ring (bicyclic) bond motifs is 1. The monoisotopic (exact) mass is 392 g/mol. The van der Waals surface area contributed by atoms with E-state index in [2.05, 4.69) is 10.6 Å². The van der Waals surface area contributed by atoms with Gasteiger partial charge in [0.05, 0.1) is 24.7 Å². The van der Waals surface area contributed by atoms with Gasteiger partial charge in [-0.3, -0.25) is 0 Å². The number of rotatable bonds is 7. The van der Waals surface area contributed by atoms with Crippen LogP contribution in [0.4, 0.5) is 0 Å². The van der Waals surface area contributed by atoms with Crippen molar-refractivity contribution in [1.29, 1.82) is 0 Å². The van der Waals surface area contributed by atoms with Crippen LogP contribution in [0.2, 0.25) is 5.02 Å². The molecule has 4 aromatic rings. The summed E-state index contributed by atoms with van der Waals surface area (Å²) in [5.74, 6) is 2.55. The average Bonchev–Trinajstić information content (AvgIpc) is 3.07. The Morgan fingerprint density at radius 3 is 2.57 bits per heavy atom. The van der Waals surface area contributed by atoms with Crippen molar-refractivity contribution in [3.05, 3.63) is 89.2 Å². The topological polar surface area (TPSA) is 36.3 Å². The van der Waals surface area contributed by atoms with E-state index < -0.39 is 0 Å². The third kappa shape index (κ3) is 3.97. The zero-order chi connectivity index (χ0) is 19.3. The number of nitrogens with zero attached hydrogens (tertiary/aromatic N) is 2. The van der Waals surface area contributed by atoms with Gasteiger partial charge in [-0.05, 0) is 35.9 Å². The van der Waals surface area contributed by atoms with Crippen molar-refractivity contribution < 1.29 is 9.47 Å². The lowest BCUT2D eigenvalue weighted by Crippen LogP contribution is -2.11. The van der Waals surface area contributed by atoms with E-state index in [1.807, 2.05) is 66.7 Å². The second-order valence-electron chi connectivity index (χ2n) is 6.46. The van der Waals surface area contributed by atoms with Gasteiger partial charge in [-0.15, -0.1) is 0 Å². The lowest BCUT2D eigenvalue weighted by Gasteiger charge is -2.12. The third-order valence-corrected chi connectivity index (χ3v) is 5.03. The maximum atomic E-state index is 6.36. The quantitative estimate of drug-likeness (QED) is 0.424. The van der Waals surface area contributed by atoms with Gasteiger partial charge in [-0.2, -0.15) is 0 Å². The smallest absolute Gasteiger partial charge is 0.123 e. The van der Waals surface area contributed by atoms with E-state index in [4.69, 9.17) is 26.1 Å². The number of hydrogen-bond donors (Lipinski definition) is 0. The first kappa shape index (κ1) is 18.4. The van der Waals surface area contributed by atoms with Gasteiger partial charge in [0.1, 0.15) is 23.9 Å². The summed E-state index contributed by atoms with van der Waals surface area (Å²) >= 11 is 6.36. The van der Waals surface area contributed by atoms with Gasteiger partial charge in [0.2, 0.25) is 0 Å². The maximum absolute atomic E-state index is 6.36. The standard InChI is InChI=1S/C23H21ClN2O2/c1-27-18-8-6-9-19(16-18)28-14-13-26-22-12-5-4-11-21(22)25-23(26)15-17-7-2-3-10-20(17)24/h2-12,16H,13-15H2,1H3. The van der Waals surface area contributed by atoms with Crippen LogP contribution in [0.15, 0.2) is 72.8 Å². The second kappa shape index (κ2) is 8.36. The molecule has 0 radical (unpaired) electrons. The van der Waals surface area contributed by atoms with Crippen LogP contribution >= 0.6 is 11.6 Å². The summed E-state index contributed by atoms with van der Waals surface area (Å²) in [6.45, 7) is 1.22. The Balaban J connectivity index is 1.57. The minimum absolute atomic E-state index is 0.531. The van der Waals surface area contributed by atoms with Crippen LogP contribution in [-0.2, 0) is 13.0 Å². The molecule has 0 amide bonds. The molecule has 0 atom stereocenters. The summed E-state index contributed by atoms with van der Waals surface area (Å²) in [4.78, 5) is 4.83. The van der Waals surface area contributed by atoms with Gasteiger partial charge in [0.15, 0.2) is 0 Å². The molecule has 0 aliphatic rings. The van der Waals surface area contributed by atoms with Crippen LogP contribution in [0, 0.1) is 0 Å². The van der Waals surface area contributed by atoms with Crippen molar-refractivity contribution in [1.82, 2.24) is 9.55 Å². The second-order valence-corrected chi connectivity index (χ2v) is 6.87. The first-order valence-electron chi connectivity index (χ1n) is 9.19. The molecule has 4 nitrogen and oxygen atoms in total. The molecule has 0 bridgehead atoms. The number of para-hydroxylation sites is 2. The van der Waals surface area contributed by atoms with Crippen LogP contribution in [0.5, 0.6) is 11.5 Å². The summed E-state index contributed by atoms with van der Waals surface area (Å²) in [7, 11) is 1.65. The van der Waals surface area contributed by atoms with Crippen molar-refractivity contribution in [2.45, 2.75) is 13.0 Å². The highest BCUT2D eigenvalue weighted by atomic mass is 35.5. The third-order valence-electron chi connectivity index (χ3n) is 4.66. The number of benzene rings is 3. The molecule has 0 aliphatic heterocycles. The summed E-state index contributed by atoms with van der Waals surface area (Å²) < 4.78 is 13.4. The van der Waals surface area contributed by atoms with Crippen molar-refractivity contribution in [2.75, 3.05) is 13.7 Å². The summed E-state index contributed by atoms with van der Waals surface area (Å²) in [5.41, 5.74) is 3.14. The molecule has 4 rings (SSSR count). The van der Waals surface area contributed by atoms with E-state index in [9.17, 15) is 0 Å². The molecule has 0 saturated heterocycles. The van der Waals surface area contributed by atoms with Crippen molar-refractivity contribution in [2.24, 2.45) is 0 Å². The zero-order valence-electron chi connectivity index (χ0n) is 15.6. The highest BCUT2D eigenvalue weighted by Crippen LogP contribution is 2.23. The molecule has 3 aromatic carbocycles. The summed E-state index contributed by atoms with van der Waals surface area (Å²) in [5, 5.41) is 0.758. The fraction of sp³-hybridized carbons (Fsp3) is 0.174. The van der Waals surface area contributed by atoms with E-state index in [-0.39, 0.29) is 0 Å². The van der Waals surface area contributed by atoms with Gasteiger partial charge < -0.3 is 14.0 Å². The highest BCUT2D eigenvalue weighted by molar-refractivity contribution is 6.31. The molecule has 0 aliphatic carbocycles. The highest BCUT2D eigenvalue weighted by Gasteiger charge is 2.12. The normalized spacial score (nSPS) is 10.9. The van der Waals surface area contributed by atoms with Crippen LogP contribution in [0.3, 0.4) is 0 Å². The van der Waals surface area contributed by atoms with Crippen LogP contribution in [-0.4, -0.2) is 23.3 Å². The molecule has 1 heterocycles. The van der Waals surface area contributed by atoms with Crippen molar-refractivity contribution >= 4 is 22.6 Å². The Morgan fingerprint density at radius 1 is 0.929 bits per heavy atom. The Kier molecular flexibility index (Phi) is 5.49. The summed E-state index contributed by atoms with van der Waals surface area (Å²) in [6, 6.07) is 23.7. The molecule has 1 aromatic heterocycles. The number of aromatic nitrogens is 2. The molecular weight excluding hydrogens is 372 g/mol. The molecule has 5 heteroatoms. The van der Waals surface area contributed by atoms with E-state index in [1.165, 1.54) is 0 Å². The fourth-order valence-corrected chi connectivity index (χ4v) is 3.47. The Morgan fingerprint density at radius 2 is 1.71 bits per heavy atom. The first-order chi connectivity index (χ1) is 13.7. The Labute approximate surface area is 169 Å². The van der Waals surface area contributed by atoms with Crippen LogP contribution in [0.25, 0.3) is 11.0 Å². The number of ether oxygens (including phenoxy) is 2. The number of methoxy groups -OCH3 is 1. The SMILES string of the molecule is COc1cccc(OCCn2c(Cc3ccccc3Cl)nc3ccccc32)c1. The van der Waals surface area contributed by atoms with E-state index in [0.29, 0.717) is 19.6 Å². The minimum Gasteiger partial charge on any atom is -0.497 e. The van der Waals surface area contributed by atoms with E-state index >= 15 is 0 Å². The molecule has 0 saturated carbocycles. The Bertz CT molecular complexity index is 1090. The Hall–Kier alpha value is -2.98. The summed E-state index contributed by atoms with van der Waals surface area (Å²) in [6.07, 6.45) is 0.674. The largest absolute Gasteiger partial charge is 0.497 e. The maximum Gasteiger partial charge on any atom is 0.123 e. The zero-order valence-corrected chi connectivity index (χ0v) is 16.4. The molecule has 0 N–H and O–H groups in total. The number of halogens is 1. The lowest BCUT2D eigenvalue weighted by molar-refractivity contribution is 0.296. The first-order valence-corrected chi connectivity index (χ1v) is 9.57. The minimum atomic E-state index is 0.531. The van der Waals surface area contributed by atoms with Crippen molar-refractivity contribution in [3.8, 4) is 11.5 Å². The van der Waals surface area contributed by atoms with Crippen LogP contribution < -0.4 is 9.47 Å². The van der Waals surface area contributed by atoms with Gasteiger partial charge in [0, 0.05) is 17.5 Å². The van der Waals surface area contributed by atoms with E-state index in [1.54, 1.807) is 7.11 Å². The van der Waals surface area contributed by atoms with E-state index in [0.717, 1.165) is 38.9 Å². The number of imidazole rings is 1. The average molecular weight is 393 g/mol. The number of hydrogen-bond acceptors (Lipinski definition) is 3. The molecular formula is C23H21ClN2O2.